The average Bonchev–Trinajstić information content (AvgIpc) is 3.12. The van der Waals surface area contributed by atoms with E-state index in [1.54, 1.807) is 12.2 Å². The Balaban J connectivity index is 2.19. The van der Waals surface area contributed by atoms with Gasteiger partial charge in [0.05, 0.1) is 17.4 Å². The van der Waals surface area contributed by atoms with Crippen LogP contribution in [0, 0.1) is 28.6 Å². The van der Waals surface area contributed by atoms with Gasteiger partial charge in [0.2, 0.25) is 12.6 Å². The first kappa shape index (κ1) is 29.1. The van der Waals surface area contributed by atoms with Crippen molar-refractivity contribution in [3.05, 3.63) is 36.5 Å². The van der Waals surface area contributed by atoms with Gasteiger partial charge in [0.15, 0.2) is 0 Å². The summed E-state index contributed by atoms with van der Waals surface area (Å²) in [5.41, 5.74) is -0.169. The van der Waals surface area contributed by atoms with E-state index >= 15 is 0 Å². The Morgan fingerprint density at radius 3 is 2.43 bits per heavy atom. The lowest BCUT2D eigenvalue weighted by Crippen LogP contribution is -2.63. The molecule has 0 aromatic carbocycles. The maximum absolute atomic E-state index is 12.8. The predicted octanol–water partition coefficient (Wildman–Crippen LogP) is 4.62. The topological polar surface area (TPSA) is 108 Å². The fourth-order valence-corrected chi connectivity index (χ4v) is 6.45. The number of allylic oxidation sites excluding steroid dienone is 2. The fraction of sp³-hybridized carbons (Fsp3) is 0.690. The highest BCUT2D eigenvalue weighted by Gasteiger charge is 2.71. The molecule has 1 saturated heterocycles. The number of esters is 3. The normalized spacial score (nSPS) is 37.3. The molecule has 0 bridgehead atoms. The van der Waals surface area contributed by atoms with Gasteiger partial charge in [-0.1, -0.05) is 52.5 Å². The molecule has 37 heavy (non-hydrogen) atoms. The van der Waals surface area contributed by atoms with Crippen LogP contribution in [0.5, 0.6) is 0 Å². The Bertz CT molecular complexity index is 969. The number of carbonyl (C=O) groups is 3. The Labute approximate surface area is 220 Å². The van der Waals surface area contributed by atoms with Crippen LogP contribution in [0.25, 0.3) is 0 Å². The van der Waals surface area contributed by atoms with Crippen molar-refractivity contribution in [2.75, 3.05) is 0 Å². The molecule has 0 radical (unpaired) electrons. The van der Waals surface area contributed by atoms with Crippen molar-refractivity contribution in [3.63, 3.8) is 0 Å². The summed E-state index contributed by atoms with van der Waals surface area (Å²) in [4.78, 5) is 37.0. The summed E-state index contributed by atoms with van der Waals surface area (Å²) >= 11 is 0. The minimum atomic E-state index is -1.18. The van der Waals surface area contributed by atoms with Gasteiger partial charge < -0.3 is 19.3 Å². The molecule has 1 aliphatic heterocycles. The summed E-state index contributed by atoms with van der Waals surface area (Å²) in [5, 5.41) is 11.7. The van der Waals surface area contributed by atoms with E-state index in [0.717, 1.165) is 12.0 Å². The third-order valence-corrected chi connectivity index (χ3v) is 8.95. The molecule has 9 atom stereocenters. The van der Waals surface area contributed by atoms with E-state index in [9.17, 15) is 19.5 Å². The molecule has 1 N–H and O–H groups in total. The summed E-state index contributed by atoms with van der Waals surface area (Å²) in [5.74, 6) is -1.99. The van der Waals surface area contributed by atoms with Crippen LogP contribution in [-0.4, -0.2) is 47.8 Å². The van der Waals surface area contributed by atoms with Crippen LogP contribution in [-0.2, 0) is 33.3 Å². The molecule has 0 amide bonds. The van der Waals surface area contributed by atoms with Crippen molar-refractivity contribution in [1.82, 2.24) is 0 Å². The number of aliphatic hydroxyl groups is 1. The Morgan fingerprint density at radius 1 is 1.22 bits per heavy atom. The van der Waals surface area contributed by atoms with Crippen molar-refractivity contribution in [2.45, 2.75) is 98.4 Å². The highest BCUT2D eigenvalue weighted by Crippen LogP contribution is 2.67. The van der Waals surface area contributed by atoms with Crippen LogP contribution in [0.15, 0.2) is 36.5 Å². The van der Waals surface area contributed by atoms with Crippen LogP contribution in [0.1, 0.15) is 73.6 Å². The molecule has 0 aromatic rings. The highest BCUT2D eigenvalue weighted by molar-refractivity contribution is 5.72. The molecule has 0 unspecified atom stereocenters. The van der Waals surface area contributed by atoms with Gasteiger partial charge in [0.1, 0.15) is 6.10 Å². The number of hydrogen-bond acceptors (Lipinski definition) is 8. The van der Waals surface area contributed by atoms with Gasteiger partial charge in [-0.2, -0.15) is 0 Å². The zero-order chi connectivity index (χ0) is 27.7. The van der Waals surface area contributed by atoms with E-state index in [4.69, 9.17) is 18.9 Å². The molecule has 2 fully saturated rings. The summed E-state index contributed by atoms with van der Waals surface area (Å²) < 4.78 is 23.2. The summed E-state index contributed by atoms with van der Waals surface area (Å²) in [6, 6.07) is 0. The van der Waals surface area contributed by atoms with E-state index < -0.39 is 47.6 Å². The molecule has 1 saturated carbocycles. The molecule has 206 valence electrons. The smallest absolute Gasteiger partial charge is 0.309 e. The van der Waals surface area contributed by atoms with E-state index in [0.29, 0.717) is 31.3 Å². The second-order valence-electron chi connectivity index (χ2n) is 11.2. The zero-order valence-electron chi connectivity index (χ0n) is 23.0. The van der Waals surface area contributed by atoms with Gasteiger partial charge in [0, 0.05) is 19.4 Å². The Morgan fingerprint density at radius 2 is 1.86 bits per heavy atom. The predicted molar refractivity (Wildman–Crippen MR) is 137 cm³/mol. The van der Waals surface area contributed by atoms with Crippen molar-refractivity contribution < 1.29 is 38.4 Å². The van der Waals surface area contributed by atoms with E-state index in [2.05, 4.69) is 27.0 Å². The first-order chi connectivity index (χ1) is 17.3. The van der Waals surface area contributed by atoms with E-state index in [1.165, 1.54) is 13.8 Å². The molecule has 8 heteroatoms. The van der Waals surface area contributed by atoms with Crippen LogP contribution in [0.4, 0.5) is 0 Å². The lowest BCUT2D eigenvalue weighted by molar-refractivity contribution is -0.254. The minimum absolute atomic E-state index is 0.0757. The monoisotopic (exact) mass is 518 g/mol. The largest absolute Gasteiger partial charge is 0.458 e. The van der Waals surface area contributed by atoms with Crippen molar-refractivity contribution in [3.8, 4) is 0 Å². The Kier molecular flexibility index (Phi) is 8.75. The van der Waals surface area contributed by atoms with Gasteiger partial charge in [0.25, 0.3) is 0 Å². The third kappa shape index (κ3) is 5.28. The maximum Gasteiger partial charge on any atom is 0.309 e. The Hall–Kier alpha value is -2.45. The molecular formula is C29H42O8. The number of aliphatic hydroxyl groups excluding tert-OH is 1. The standard InChI is InChI=1S/C29H42O8/c1-9-16(3)11-12-28(8)18(5)13-24(32)29-22(26(34-19(6)30)37-27(29)35-20(7)31)14-21(15-23(28)29)36-25(33)17(4)10-2/h9,14,17-18,21,23-24,26-27,32H,1,3,10-13,15H2,2,4-8H3/t17-,18+,21+,23-,24-,26-,27+,28+,29+/m1/s1. The van der Waals surface area contributed by atoms with Crippen LogP contribution in [0.3, 0.4) is 0 Å². The van der Waals surface area contributed by atoms with Crippen LogP contribution >= 0.6 is 0 Å². The highest BCUT2D eigenvalue weighted by atomic mass is 16.8. The zero-order valence-corrected chi connectivity index (χ0v) is 23.0. The molecular weight excluding hydrogens is 476 g/mol. The van der Waals surface area contributed by atoms with Gasteiger partial charge >= 0.3 is 17.9 Å². The van der Waals surface area contributed by atoms with Gasteiger partial charge in [-0.3, -0.25) is 19.1 Å². The quantitative estimate of drug-likeness (QED) is 0.204. The molecule has 2 aliphatic carbocycles. The molecule has 1 heterocycles. The summed E-state index contributed by atoms with van der Waals surface area (Å²) in [7, 11) is 0. The molecule has 1 spiro atoms. The minimum Gasteiger partial charge on any atom is -0.458 e. The molecule has 8 nitrogen and oxygen atoms in total. The van der Waals surface area contributed by atoms with Gasteiger partial charge in [-0.15, -0.1) is 0 Å². The van der Waals surface area contributed by atoms with E-state index in [-0.39, 0.29) is 23.7 Å². The number of carbonyl (C=O) groups excluding carboxylic acids is 3. The van der Waals surface area contributed by atoms with Crippen molar-refractivity contribution in [2.24, 2.45) is 28.6 Å². The molecule has 3 aliphatic rings. The van der Waals surface area contributed by atoms with Crippen molar-refractivity contribution in [1.29, 1.82) is 0 Å². The van der Waals surface area contributed by atoms with Crippen LogP contribution in [0.2, 0.25) is 0 Å². The summed E-state index contributed by atoms with van der Waals surface area (Å²) in [6.07, 6.45) is 2.45. The first-order valence-corrected chi connectivity index (χ1v) is 13.2. The first-order valence-electron chi connectivity index (χ1n) is 13.2. The number of hydrogen-bond donors (Lipinski definition) is 1. The summed E-state index contributed by atoms with van der Waals surface area (Å²) in [6.45, 7) is 18.5. The average molecular weight is 519 g/mol. The van der Waals surface area contributed by atoms with Gasteiger partial charge in [-0.25, -0.2) is 0 Å². The molecule has 3 rings (SSSR count). The second-order valence-corrected chi connectivity index (χ2v) is 11.2. The maximum atomic E-state index is 12.8. The fourth-order valence-electron chi connectivity index (χ4n) is 6.45. The lowest BCUT2D eigenvalue weighted by Gasteiger charge is -2.60. The van der Waals surface area contributed by atoms with Gasteiger partial charge in [-0.05, 0) is 55.4 Å². The van der Waals surface area contributed by atoms with Crippen LogP contribution < -0.4 is 0 Å². The van der Waals surface area contributed by atoms with E-state index in [1.807, 2.05) is 13.8 Å². The number of ether oxygens (including phenoxy) is 4. The SMILES string of the molecule is C=CC(=C)CC[C@]1(C)[C@H]2C[C@@H](OC(=O)[C@H](C)CC)C=C3[C@H](OC(C)=O)O[C@H](OC(C)=O)[C@@]32[C@H](O)C[C@@H]1C. The molecule has 0 aromatic heterocycles. The second kappa shape index (κ2) is 11.1. The number of rotatable bonds is 9. The lowest BCUT2D eigenvalue weighted by atomic mass is 9.45. The van der Waals surface area contributed by atoms with Crippen molar-refractivity contribution >= 4 is 17.9 Å². The third-order valence-electron chi connectivity index (χ3n) is 8.95.